The SMILES string of the molecule is Cc1ccsc1CN(C)C(=O)c1cc(N)c(Cl)c(Cl)c1. The molecule has 1 aromatic carbocycles. The molecule has 1 heterocycles. The molecule has 2 N–H and O–H groups in total. The standard InChI is InChI=1S/C14H14Cl2N2OS/c1-8-3-4-20-12(8)7-18(2)14(19)9-5-10(15)13(16)11(17)6-9/h3-6H,7,17H2,1-2H3. The fourth-order valence-electron chi connectivity index (χ4n) is 1.81. The maximum absolute atomic E-state index is 12.4. The van der Waals surface area contributed by atoms with Crippen molar-refractivity contribution in [3.8, 4) is 0 Å². The number of benzene rings is 1. The van der Waals surface area contributed by atoms with E-state index in [0.717, 1.165) is 4.88 Å². The summed E-state index contributed by atoms with van der Waals surface area (Å²) >= 11 is 13.5. The van der Waals surface area contributed by atoms with Gasteiger partial charge >= 0.3 is 0 Å². The molecular formula is C14H14Cl2N2OS. The van der Waals surface area contributed by atoms with Gasteiger partial charge in [-0.3, -0.25) is 4.79 Å². The molecule has 0 aliphatic rings. The Morgan fingerprint density at radius 1 is 1.40 bits per heavy atom. The molecule has 6 heteroatoms. The molecule has 0 bridgehead atoms. The molecule has 0 saturated heterocycles. The molecule has 0 spiro atoms. The summed E-state index contributed by atoms with van der Waals surface area (Å²) in [6.07, 6.45) is 0. The largest absolute Gasteiger partial charge is 0.397 e. The summed E-state index contributed by atoms with van der Waals surface area (Å²) in [6, 6.07) is 5.13. The van der Waals surface area contributed by atoms with Gasteiger partial charge in [0.1, 0.15) is 0 Å². The van der Waals surface area contributed by atoms with E-state index in [-0.39, 0.29) is 16.0 Å². The Balaban J connectivity index is 2.21. The molecule has 0 saturated carbocycles. The van der Waals surface area contributed by atoms with Crippen LogP contribution < -0.4 is 5.73 Å². The summed E-state index contributed by atoms with van der Waals surface area (Å²) in [5.74, 6) is -0.136. The number of carbonyl (C=O) groups excluding carboxylic acids is 1. The number of halogens is 2. The van der Waals surface area contributed by atoms with Crippen LogP contribution in [0.4, 0.5) is 5.69 Å². The average molecular weight is 329 g/mol. The van der Waals surface area contributed by atoms with E-state index in [9.17, 15) is 4.79 Å². The second-order valence-corrected chi connectivity index (χ2v) is 6.34. The van der Waals surface area contributed by atoms with Crippen LogP contribution in [0, 0.1) is 6.92 Å². The van der Waals surface area contributed by atoms with E-state index in [4.69, 9.17) is 28.9 Å². The molecule has 1 amide bonds. The fourth-order valence-corrected chi connectivity index (χ4v) is 3.10. The lowest BCUT2D eigenvalue weighted by molar-refractivity contribution is 0.0786. The quantitative estimate of drug-likeness (QED) is 0.857. The Morgan fingerprint density at radius 3 is 2.65 bits per heavy atom. The number of rotatable bonds is 3. The van der Waals surface area contributed by atoms with Crippen molar-refractivity contribution in [1.82, 2.24) is 4.90 Å². The minimum Gasteiger partial charge on any atom is -0.397 e. The summed E-state index contributed by atoms with van der Waals surface area (Å²) in [5, 5.41) is 2.58. The Bertz CT molecular complexity index is 631. The van der Waals surface area contributed by atoms with Crippen LogP contribution in [0.1, 0.15) is 20.8 Å². The highest BCUT2D eigenvalue weighted by Crippen LogP contribution is 2.30. The molecule has 0 radical (unpaired) electrons. The van der Waals surface area contributed by atoms with Gasteiger partial charge < -0.3 is 10.6 Å². The van der Waals surface area contributed by atoms with Crippen molar-refractivity contribution in [3.63, 3.8) is 0 Å². The number of thiophene rings is 1. The molecule has 2 aromatic rings. The summed E-state index contributed by atoms with van der Waals surface area (Å²) in [5.41, 5.74) is 7.67. The molecule has 0 unspecified atom stereocenters. The van der Waals surface area contributed by atoms with Crippen molar-refractivity contribution >= 4 is 46.1 Å². The average Bonchev–Trinajstić information content (AvgIpc) is 2.80. The van der Waals surface area contributed by atoms with Gasteiger partial charge in [0.2, 0.25) is 0 Å². The van der Waals surface area contributed by atoms with Crippen LogP contribution in [0.2, 0.25) is 10.0 Å². The lowest BCUT2D eigenvalue weighted by Crippen LogP contribution is -2.26. The van der Waals surface area contributed by atoms with Crippen LogP contribution in [0.3, 0.4) is 0 Å². The number of amides is 1. The van der Waals surface area contributed by atoms with Gasteiger partial charge in [0, 0.05) is 17.5 Å². The van der Waals surface area contributed by atoms with Crippen molar-refractivity contribution in [2.45, 2.75) is 13.5 Å². The molecular weight excluding hydrogens is 315 g/mol. The van der Waals surface area contributed by atoms with Gasteiger partial charge in [-0.2, -0.15) is 0 Å². The molecule has 0 fully saturated rings. The van der Waals surface area contributed by atoms with Gasteiger partial charge in [-0.1, -0.05) is 23.2 Å². The normalized spacial score (nSPS) is 10.6. The molecule has 1 aromatic heterocycles. The van der Waals surface area contributed by atoms with Gasteiger partial charge in [0.15, 0.2) is 0 Å². The third-order valence-electron chi connectivity index (χ3n) is 3.00. The van der Waals surface area contributed by atoms with Gasteiger partial charge in [-0.15, -0.1) is 11.3 Å². The topological polar surface area (TPSA) is 46.3 Å². The van der Waals surface area contributed by atoms with Crippen molar-refractivity contribution in [1.29, 1.82) is 0 Å². The number of aryl methyl sites for hydroxylation is 1. The first-order valence-corrected chi connectivity index (χ1v) is 7.56. The first-order valence-electron chi connectivity index (χ1n) is 5.93. The maximum atomic E-state index is 12.4. The second kappa shape index (κ2) is 6.04. The van der Waals surface area contributed by atoms with E-state index in [2.05, 4.69) is 0 Å². The summed E-state index contributed by atoms with van der Waals surface area (Å²) < 4.78 is 0. The van der Waals surface area contributed by atoms with E-state index in [1.54, 1.807) is 35.4 Å². The van der Waals surface area contributed by atoms with Crippen LogP contribution in [-0.4, -0.2) is 17.9 Å². The van der Waals surface area contributed by atoms with Gasteiger partial charge in [0.05, 0.1) is 22.3 Å². The summed E-state index contributed by atoms with van der Waals surface area (Å²) in [7, 11) is 1.75. The van der Waals surface area contributed by atoms with Gasteiger partial charge in [-0.25, -0.2) is 0 Å². The van der Waals surface area contributed by atoms with Crippen LogP contribution in [0.5, 0.6) is 0 Å². The minimum atomic E-state index is -0.136. The fraction of sp³-hybridized carbons (Fsp3) is 0.214. The van der Waals surface area contributed by atoms with E-state index in [1.807, 2.05) is 18.4 Å². The maximum Gasteiger partial charge on any atom is 0.254 e. The third kappa shape index (κ3) is 3.08. The predicted molar refractivity (Wildman–Crippen MR) is 85.7 cm³/mol. The molecule has 3 nitrogen and oxygen atoms in total. The Labute approximate surface area is 131 Å². The predicted octanol–water partition coefficient (Wildman–Crippen LogP) is 4.22. The monoisotopic (exact) mass is 328 g/mol. The molecule has 0 aliphatic carbocycles. The molecule has 0 aliphatic heterocycles. The zero-order valence-electron chi connectivity index (χ0n) is 11.1. The number of hydrogen-bond acceptors (Lipinski definition) is 3. The summed E-state index contributed by atoms with van der Waals surface area (Å²) in [6.45, 7) is 2.59. The zero-order chi connectivity index (χ0) is 14.9. The van der Waals surface area contributed by atoms with E-state index >= 15 is 0 Å². The Kier molecular flexibility index (Phi) is 4.58. The van der Waals surface area contributed by atoms with Crippen LogP contribution >= 0.6 is 34.5 Å². The van der Waals surface area contributed by atoms with Crippen molar-refractivity contribution in [2.75, 3.05) is 12.8 Å². The van der Waals surface area contributed by atoms with Crippen LogP contribution in [0.25, 0.3) is 0 Å². The van der Waals surface area contributed by atoms with Gasteiger partial charge in [-0.05, 0) is 36.1 Å². The number of nitrogens with two attached hydrogens (primary N) is 1. The molecule has 2 rings (SSSR count). The molecule has 0 atom stereocenters. The number of hydrogen-bond donors (Lipinski definition) is 1. The zero-order valence-corrected chi connectivity index (χ0v) is 13.4. The first-order chi connectivity index (χ1) is 9.40. The number of nitrogen functional groups attached to an aromatic ring is 1. The molecule has 106 valence electrons. The minimum absolute atomic E-state index is 0.136. The lowest BCUT2D eigenvalue weighted by atomic mass is 10.1. The highest BCUT2D eigenvalue weighted by Gasteiger charge is 2.16. The van der Waals surface area contributed by atoms with E-state index < -0.39 is 0 Å². The summed E-state index contributed by atoms with van der Waals surface area (Å²) in [4.78, 5) is 15.2. The molecule has 20 heavy (non-hydrogen) atoms. The van der Waals surface area contributed by atoms with Crippen LogP contribution in [0.15, 0.2) is 23.6 Å². The number of anilines is 1. The van der Waals surface area contributed by atoms with E-state index in [0.29, 0.717) is 17.8 Å². The first kappa shape index (κ1) is 15.2. The van der Waals surface area contributed by atoms with E-state index in [1.165, 1.54) is 5.56 Å². The van der Waals surface area contributed by atoms with Gasteiger partial charge in [0.25, 0.3) is 5.91 Å². The third-order valence-corrected chi connectivity index (χ3v) is 4.82. The van der Waals surface area contributed by atoms with Crippen molar-refractivity contribution in [3.05, 3.63) is 49.6 Å². The van der Waals surface area contributed by atoms with Crippen molar-refractivity contribution in [2.24, 2.45) is 0 Å². The lowest BCUT2D eigenvalue weighted by Gasteiger charge is -2.17. The highest BCUT2D eigenvalue weighted by molar-refractivity contribution is 7.10. The number of nitrogens with zero attached hydrogens (tertiary/aromatic N) is 1. The second-order valence-electron chi connectivity index (χ2n) is 4.55. The number of carbonyl (C=O) groups is 1. The van der Waals surface area contributed by atoms with Crippen LogP contribution in [-0.2, 0) is 6.54 Å². The Morgan fingerprint density at radius 2 is 2.10 bits per heavy atom. The highest BCUT2D eigenvalue weighted by atomic mass is 35.5. The van der Waals surface area contributed by atoms with Crippen molar-refractivity contribution < 1.29 is 4.79 Å². The smallest absolute Gasteiger partial charge is 0.254 e. The Hall–Kier alpha value is -1.23.